The van der Waals surface area contributed by atoms with Crippen LogP contribution in [0.3, 0.4) is 0 Å². The van der Waals surface area contributed by atoms with Gasteiger partial charge in [-0.15, -0.1) is 0 Å². The van der Waals surface area contributed by atoms with E-state index in [1.165, 1.54) is 11.3 Å². The molecule has 140 valence electrons. The Balaban J connectivity index is 1.74. The molecule has 0 spiro atoms. The molecule has 25 heavy (non-hydrogen) atoms. The van der Waals surface area contributed by atoms with Gasteiger partial charge in [0, 0.05) is 50.7 Å². The number of ketones is 1. The third kappa shape index (κ3) is 6.44. The Kier molecular flexibility index (Phi) is 7.91. The zero-order valence-corrected chi connectivity index (χ0v) is 16.5. The molecule has 1 fully saturated rings. The molecule has 0 radical (unpaired) electrons. The van der Waals surface area contributed by atoms with Crippen LogP contribution in [0.1, 0.15) is 38.7 Å². The highest BCUT2D eigenvalue weighted by molar-refractivity contribution is 5.80. The van der Waals surface area contributed by atoms with Crippen molar-refractivity contribution in [1.82, 2.24) is 9.80 Å². The summed E-state index contributed by atoms with van der Waals surface area (Å²) >= 11 is 0. The standard InChI is InChI=1S/C21H35N3O/c1-5-18(2)21(25)7-6-12-23(4)17-19-8-10-20(11-9-19)24-15-13-22(3)14-16-24/h8-11,18H,5-7,12-17H2,1-4H3. The minimum Gasteiger partial charge on any atom is -0.369 e. The molecule has 4 heteroatoms. The van der Waals surface area contributed by atoms with Crippen LogP contribution in [-0.4, -0.2) is 62.4 Å². The van der Waals surface area contributed by atoms with E-state index in [0.717, 1.165) is 52.1 Å². The van der Waals surface area contributed by atoms with Crippen LogP contribution in [0.25, 0.3) is 0 Å². The lowest BCUT2D eigenvalue weighted by Crippen LogP contribution is -2.44. The fourth-order valence-electron chi connectivity index (χ4n) is 3.26. The number of carbonyl (C=O) groups excluding carboxylic acids is 1. The van der Waals surface area contributed by atoms with E-state index in [1.54, 1.807) is 0 Å². The van der Waals surface area contributed by atoms with Crippen molar-refractivity contribution in [3.63, 3.8) is 0 Å². The molecule has 1 unspecified atom stereocenters. The predicted octanol–water partition coefficient (Wildman–Crippen LogP) is 3.27. The van der Waals surface area contributed by atoms with Crippen LogP contribution in [0.15, 0.2) is 24.3 Å². The van der Waals surface area contributed by atoms with Gasteiger partial charge in [-0.05, 0) is 51.2 Å². The Morgan fingerprint density at radius 2 is 1.80 bits per heavy atom. The molecular weight excluding hydrogens is 310 g/mol. The highest BCUT2D eigenvalue weighted by atomic mass is 16.1. The van der Waals surface area contributed by atoms with Gasteiger partial charge < -0.3 is 14.7 Å². The van der Waals surface area contributed by atoms with Crippen molar-refractivity contribution in [1.29, 1.82) is 0 Å². The van der Waals surface area contributed by atoms with Gasteiger partial charge in [0.05, 0.1) is 0 Å². The number of benzene rings is 1. The van der Waals surface area contributed by atoms with E-state index in [4.69, 9.17) is 0 Å². The SMILES string of the molecule is CCC(C)C(=O)CCCN(C)Cc1ccc(N2CCN(C)CC2)cc1. The second-order valence-corrected chi connectivity index (χ2v) is 7.57. The Morgan fingerprint density at radius 1 is 1.16 bits per heavy atom. The van der Waals surface area contributed by atoms with Gasteiger partial charge in [0.15, 0.2) is 0 Å². The van der Waals surface area contributed by atoms with Crippen molar-refractivity contribution >= 4 is 11.5 Å². The number of likely N-dealkylation sites (N-methyl/N-ethyl adjacent to an activating group) is 1. The average Bonchev–Trinajstić information content (AvgIpc) is 2.62. The lowest BCUT2D eigenvalue weighted by Gasteiger charge is -2.34. The van der Waals surface area contributed by atoms with Crippen LogP contribution in [-0.2, 0) is 11.3 Å². The second kappa shape index (κ2) is 9.93. The molecule has 1 aromatic carbocycles. The van der Waals surface area contributed by atoms with E-state index in [9.17, 15) is 4.79 Å². The zero-order valence-electron chi connectivity index (χ0n) is 16.5. The van der Waals surface area contributed by atoms with E-state index in [0.29, 0.717) is 12.2 Å². The lowest BCUT2D eigenvalue weighted by molar-refractivity contribution is -0.122. The van der Waals surface area contributed by atoms with Gasteiger partial charge in [-0.3, -0.25) is 4.79 Å². The van der Waals surface area contributed by atoms with Gasteiger partial charge >= 0.3 is 0 Å². The molecule has 1 heterocycles. The highest BCUT2D eigenvalue weighted by Crippen LogP contribution is 2.18. The number of carbonyl (C=O) groups is 1. The molecule has 0 aliphatic carbocycles. The molecular formula is C21H35N3O. The first-order valence-corrected chi connectivity index (χ1v) is 9.73. The first-order chi connectivity index (χ1) is 12.0. The summed E-state index contributed by atoms with van der Waals surface area (Å²) in [5, 5.41) is 0. The number of nitrogens with zero attached hydrogens (tertiary/aromatic N) is 3. The number of hydrogen-bond donors (Lipinski definition) is 0. The Morgan fingerprint density at radius 3 is 2.40 bits per heavy atom. The third-order valence-electron chi connectivity index (χ3n) is 5.38. The van der Waals surface area contributed by atoms with Gasteiger partial charge in [0.1, 0.15) is 5.78 Å². The number of hydrogen-bond acceptors (Lipinski definition) is 4. The van der Waals surface area contributed by atoms with Crippen molar-refractivity contribution in [2.24, 2.45) is 5.92 Å². The maximum Gasteiger partial charge on any atom is 0.135 e. The van der Waals surface area contributed by atoms with Gasteiger partial charge in [-0.2, -0.15) is 0 Å². The molecule has 1 atom stereocenters. The third-order valence-corrected chi connectivity index (χ3v) is 5.38. The minimum atomic E-state index is 0.215. The Labute approximate surface area is 153 Å². The van der Waals surface area contributed by atoms with Gasteiger partial charge in [-0.25, -0.2) is 0 Å². The fourth-order valence-corrected chi connectivity index (χ4v) is 3.26. The topological polar surface area (TPSA) is 26.8 Å². The molecule has 0 aromatic heterocycles. The summed E-state index contributed by atoms with van der Waals surface area (Å²) in [4.78, 5) is 19.1. The summed E-state index contributed by atoms with van der Waals surface area (Å²) < 4.78 is 0. The first kappa shape index (κ1) is 19.9. The smallest absolute Gasteiger partial charge is 0.135 e. The molecule has 1 aliphatic heterocycles. The van der Waals surface area contributed by atoms with E-state index in [-0.39, 0.29) is 5.92 Å². The maximum atomic E-state index is 11.9. The molecule has 2 rings (SSSR count). The van der Waals surface area contributed by atoms with Crippen LogP contribution in [0.5, 0.6) is 0 Å². The van der Waals surface area contributed by atoms with E-state index < -0.39 is 0 Å². The van der Waals surface area contributed by atoms with Gasteiger partial charge in [-0.1, -0.05) is 26.0 Å². The molecule has 0 saturated carbocycles. The van der Waals surface area contributed by atoms with Crippen molar-refractivity contribution in [3.05, 3.63) is 29.8 Å². The minimum absolute atomic E-state index is 0.215. The van der Waals surface area contributed by atoms with Crippen LogP contribution < -0.4 is 4.90 Å². The number of piperazine rings is 1. The fraction of sp³-hybridized carbons (Fsp3) is 0.667. The predicted molar refractivity (Wildman–Crippen MR) is 106 cm³/mol. The Bertz CT molecular complexity index is 520. The zero-order chi connectivity index (χ0) is 18.2. The summed E-state index contributed by atoms with van der Waals surface area (Å²) in [6.07, 6.45) is 2.62. The molecule has 0 N–H and O–H groups in total. The summed E-state index contributed by atoms with van der Waals surface area (Å²) in [5.41, 5.74) is 2.67. The lowest BCUT2D eigenvalue weighted by atomic mass is 10.00. The van der Waals surface area contributed by atoms with Crippen LogP contribution >= 0.6 is 0 Å². The average molecular weight is 346 g/mol. The monoisotopic (exact) mass is 345 g/mol. The second-order valence-electron chi connectivity index (χ2n) is 7.57. The van der Waals surface area contributed by atoms with Gasteiger partial charge in [0.25, 0.3) is 0 Å². The number of Topliss-reactive ketones (excluding diaryl/α,β-unsaturated/α-hetero) is 1. The summed E-state index contributed by atoms with van der Waals surface area (Å²) in [6.45, 7) is 10.5. The molecule has 1 saturated heterocycles. The quantitative estimate of drug-likeness (QED) is 0.686. The van der Waals surface area contributed by atoms with Crippen molar-refractivity contribution in [2.45, 2.75) is 39.7 Å². The largest absolute Gasteiger partial charge is 0.369 e. The van der Waals surface area contributed by atoms with Crippen molar-refractivity contribution in [3.8, 4) is 0 Å². The Hall–Kier alpha value is -1.39. The highest BCUT2D eigenvalue weighted by Gasteiger charge is 2.14. The maximum absolute atomic E-state index is 11.9. The van der Waals surface area contributed by atoms with Crippen LogP contribution in [0, 0.1) is 5.92 Å². The van der Waals surface area contributed by atoms with E-state index in [2.05, 4.69) is 60.0 Å². The number of anilines is 1. The first-order valence-electron chi connectivity index (χ1n) is 9.73. The van der Waals surface area contributed by atoms with Crippen molar-refractivity contribution in [2.75, 3.05) is 51.7 Å². The normalized spacial score (nSPS) is 17.1. The summed E-state index contributed by atoms with van der Waals surface area (Å²) in [7, 11) is 4.33. The summed E-state index contributed by atoms with van der Waals surface area (Å²) in [5.74, 6) is 0.625. The van der Waals surface area contributed by atoms with E-state index in [1.807, 2.05) is 6.92 Å². The molecule has 0 bridgehead atoms. The van der Waals surface area contributed by atoms with Crippen LogP contribution in [0.2, 0.25) is 0 Å². The summed E-state index contributed by atoms with van der Waals surface area (Å²) in [6, 6.07) is 8.99. The number of rotatable bonds is 9. The molecule has 1 aromatic rings. The molecule has 1 aliphatic rings. The van der Waals surface area contributed by atoms with Gasteiger partial charge in [0.2, 0.25) is 0 Å². The van der Waals surface area contributed by atoms with Crippen LogP contribution in [0.4, 0.5) is 5.69 Å². The molecule has 4 nitrogen and oxygen atoms in total. The van der Waals surface area contributed by atoms with Crippen molar-refractivity contribution < 1.29 is 4.79 Å². The molecule has 0 amide bonds. The van der Waals surface area contributed by atoms with E-state index >= 15 is 0 Å².